The molecule has 1 aliphatic heterocycles. The van der Waals surface area contributed by atoms with Crippen molar-refractivity contribution in [1.82, 2.24) is 0 Å². The third-order valence-electron chi connectivity index (χ3n) is 6.44. The molecule has 1 aliphatic carbocycles. The van der Waals surface area contributed by atoms with Crippen molar-refractivity contribution in [3.8, 4) is 0 Å². The SMILES string of the molecule is CCCCCC1CCC(COC(C)CCC(C)C2=C(F)C(F)=C(OC)CC2)OC1. The zero-order chi connectivity index (χ0) is 21.2. The van der Waals surface area contributed by atoms with E-state index in [9.17, 15) is 8.78 Å². The predicted octanol–water partition coefficient (Wildman–Crippen LogP) is 7.03. The molecule has 0 saturated carbocycles. The normalized spacial score (nSPS) is 25.3. The molecule has 1 heterocycles. The molecular formula is C24H40F2O3. The first-order chi connectivity index (χ1) is 14.0. The Bertz CT molecular complexity index is 550. The van der Waals surface area contributed by atoms with E-state index in [0.29, 0.717) is 30.9 Å². The fraction of sp³-hybridized carbons (Fsp3) is 0.833. The second kappa shape index (κ2) is 12.7. The van der Waals surface area contributed by atoms with Gasteiger partial charge in [0.2, 0.25) is 0 Å². The Hall–Kier alpha value is -0.940. The van der Waals surface area contributed by atoms with Crippen LogP contribution in [0, 0.1) is 11.8 Å². The molecule has 29 heavy (non-hydrogen) atoms. The molecule has 0 N–H and O–H groups in total. The Morgan fingerprint density at radius 1 is 1.07 bits per heavy atom. The van der Waals surface area contributed by atoms with Crippen LogP contribution < -0.4 is 0 Å². The number of halogens is 2. The lowest BCUT2D eigenvalue weighted by molar-refractivity contribution is -0.0782. The van der Waals surface area contributed by atoms with Crippen molar-refractivity contribution in [2.75, 3.05) is 20.3 Å². The lowest BCUT2D eigenvalue weighted by atomic mass is 9.88. The Morgan fingerprint density at radius 2 is 1.86 bits per heavy atom. The lowest BCUT2D eigenvalue weighted by Crippen LogP contribution is -2.31. The Labute approximate surface area is 175 Å². The second-order valence-electron chi connectivity index (χ2n) is 8.80. The summed E-state index contributed by atoms with van der Waals surface area (Å²) < 4.78 is 45.2. The molecule has 0 spiro atoms. The van der Waals surface area contributed by atoms with E-state index in [4.69, 9.17) is 14.2 Å². The van der Waals surface area contributed by atoms with E-state index < -0.39 is 11.7 Å². The fourth-order valence-corrected chi connectivity index (χ4v) is 4.30. The van der Waals surface area contributed by atoms with Crippen LogP contribution in [0.1, 0.15) is 85.0 Å². The maximum Gasteiger partial charge on any atom is 0.196 e. The molecule has 0 aromatic carbocycles. The molecule has 4 unspecified atom stereocenters. The Balaban J connectivity index is 1.66. The summed E-state index contributed by atoms with van der Waals surface area (Å²) in [5.74, 6) is -0.719. The van der Waals surface area contributed by atoms with Gasteiger partial charge in [0.05, 0.1) is 25.9 Å². The smallest absolute Gasteiger partial charge is 0.196 e. The van der Waals surface area contributed by atoms with Crippen molar-refractivity contribution in [3.05, 3.63) is 23.0 Å². The summed E-state index contributed by atoms with van der Waals surface area (Å²) in [5.41, 5.74) is 0.570. The highest BCUT2D eigenvalue weighted by Crippen LogP contribution is 2.37. The second-order valence-corrected chi connectivity index (χ2v) is 8.80. The minimum absolute atomic E-state index is 0.0000145. The van der Waals surface area contributed by atoms with Crippen LogP contribution in [0.25, 0.3) is 0 Å². The molecule has 5 heteroatoms. The number of hydrogen-bond acceptors (Lipinski definition) is 3. The fourth-order valence-electron chi connectivity index (χ4n) is 4.30. The molecule has 1 fully saturated rings. The minimum atomic E-state index is -0.827. The van der Waals surface area contributed by atoms with Gasteiger partial charge in [-0.25, -0.2) is 8.78 Å². The third kappa shape index (κ3) is 7.67. The van der Waals surface area contributed by atoms with Crippen LogP contribution in [0.15, 0.2) is 23.0 Å². The highest BCUT2D eigenvalue weighted by atomic mass is 19.2. The Morgan fingerprint density at radius 3 is 2.52 bits per heavy atom. The molecule has 1 saturated heterocycles. The molecule has 3 nitrogen and oxygen atoms in total. The first kappa shape index (κ1) is 24.3. The van der Waals surface area contributed by atoms with Gasteiger partial charge in [0, 0.05) is 13.0 Å². The number of unbranched alkanes of at least 4 members (excludes halogenated alkanes) is 2. The predicted molar refractivity (Wildman–Crippen MR) is 113 cm³/mol. The summed E-state index contributed by atoms with van der Waals surface area (Å²) in [6.45, 7) is 7.75. The van der Waals surface area contributed by atoms with E-state index in [0.717, 1.165) is 25.9 Å². The first-order valence-corrected chi connectivity index (χ1v) is 11.5. The van der Waals surface area contributed by atoms with Gasteiger partial charge < -0.3 is 14.2 Å². The molecule has 4 atom stereocenters. The van der Waals surface area contributed by atoms with Gasteiger partial charge in [-0.1, -0.05) is 33.1 Å². The largest absolute Gasteiger partial charge is 0.498 e. The standard InChI is InChI=1S/C24H40F2O3/c1-5-6-7-8-19-11-12-20(29-15-19)16-28-18(3)10-9-17(2)21-13-14-22(27-4)24(26)23(21)25/h17-20H,5-16H2,1-4H3. The number of allylic oxidation sites excluding steroid dienone is 4. The summed E-state index contributed by atoms with van der Waals surface area (Å²) in [4.78, 5) is 0. The van der Waals surface area contributed by atoms with Gasteiger partial charge in [-0.3, -0.25) is 0 Å². The number of rotatable bonds is 12. The average molecular weight is 415 g/mol. The van der Waals surface area contributed by atoms with Crippen LogP contribution in [-0.4, -0.2) is 32.5 Å². The van der Waals surface area contributed by atoms with Gasteiger partial charge in [-0.2, -0.15) is 0 Å². The van der Waals surface area contributed by atoms with Gasteiger partial charge in [0.15, 0.2) is 11.7 Å². The lowest BCUT2D eigenvalue weighted by Gasteiger charge is -2.30. The Kier molecular flexibility index (Phi) is 10.6. The molecule has 168 valence electrons. The van der Waals surface area contributed by atoms with Gasteiger partial charge in [-0.05, 0) is 62.9 Å². The maximum absolute atomic E-state index is 14.3. The zero-order valence-electron chi connectivity index (χ0n) is 18.8. The maximum atomic E-state index is 14.3. The van der Waals surface area contributed by atoms with Crippen molar-refractivity contribution < 1.29 is 23.0 Å². The number of methoxy groups -OCH3 is 1. The van der Waals surface area contributed by atoms with Crippen LogP contribution in [0.2, 0.25) is 0 Å². The van der Waals surface area contributed by atoms with E-state index in [1.165, 1.54) is 39.2 Å². The number of ether oxygens (including phenoxy) is 3. The van der Waals surface area contributed by atoms with Crippen LogP contribution in [0.4, 0.5) is 8.78 Å². The van der Waals surface area contributed by atoms with Gasteiger partial charge in [0.1, 0.15) is 5.76 Å². The van der Waals surface area contributed by atoms with Crippen molar-refractivity contribution in [2.24, 2.45) is 11.8 Å². The quantitative estimate of drug-likeness (QED) is 0.321. The summed E-state index contributed by atoms with van der Waals surface area (Å²) in [5, 5.41) is 0. The third-order valence-corrected chi connectivity index (χ3v) is 6.44. The van der Waals surface area contributed by atoms with E-state index >= 15 is 0 Å². The molecule has 0 radical (unpaired) electrons. The summed E-state index contributed by atoms with van der Waals surface area (Å²) in [6, 6.07) is 0. The molecule has 2 rings (SSSR count). The average Bonchev–Trinajstić information content (AvgIpc) is 2.73. The molecule has 0 bridgehead atoms. The van der Waals surface area contributed by atoms with Gasteiger partial charge >= 0.3 is 0 Å². The van der Waals surface area contributed by atoms with E-state index in [1.807, 2.05) is 6.92 Å². The van der Waals surface area contributed by atoms with E-state index in [-0.39, 0.29) is 23.9 Å². The topological polar surface area (TPSA) is 27.7 Å². The van der Waals surface area contributed by atoms with Crippen molar-refractivity contribution >= 4 is 0 Å². The minimum Gasteiger partial charge on any atom is -0.498 e. The highest BCUT2D eigenvalue weighted by molar-refractivity contribution is 5.33. The summed E-state index contributed by atoms with van der Waals surface area (Å²) in [6.07, 6.45) is 10.3. The first-order valence-electron chi connectivity index (χ1n) is 11.5. The van der Waals surface area contributed by atoms with Gasteiger partial charge in [0.25, 0.3) is 0 Å². The van der Waals surface area contributed by atoms with Crippen LogP contribution in [0.3, 0.4) is 0 Å². The monoisotopic (exact) mass is 414 g/mol. The molecule has 2 aliphatic rings. The van der Waals surface area contributed by atoms with Crippen molar-refractivity contribution in [2.45, 2.75) is 97.2 Å². The summed E-state index contributed by atoms with van der Waals surface area (Å²) >= 11 is 0. The molecule has 0 aromatic heterocycles. The van der Waals surface area contributed by atoms with E-state index in [2.05, 4.69) is 13.8 Å². The van der Waals surface area contributed by atoms with Crippen LogP contribution in [-0.2, 0) is 14.2 Å². The molecule has 0 amide bonds. The van der Waals surface area contributed by atoms with Crippen LogP contribution in [0.5, 0.6) is 0 Å². The molecular weight excluding hydrogens is 374 g/mol. The van der Waals surface area contributed by atoms with E-state index in [1.54, 1.807) is 0 Å². The van der Waals surface area contributed by atoms with Crippen molar-refractivity contribution in [1.29, 1.82) is 0 Å². The zero-order valence-corrected chi connectivity index (χ0v) is 18.8. The number of hydrogen-bond donors (Lipinski definition) is 0. The van der Waals surface area contributed by atoms with Crippen molar-refractivity contribution in [3.63, 3.8) is 0 Å². The van der Waals surface area contributed by atoms with Crippen LogP contribution >= 0.6 is 0 Å². The molecule has 0 aromatic rings. The summed E-state index contributed by atoms with van der Waals surface area (Å²) in [7, 11) is 1.39. The highest BCUT2D eigenvalue weighted by Gasteiger charge is 2.27. The van der Waals surface area contributed by atoms with Gasteiger partial charge in [-0.15, -0.1) is 0 Å².